The molecule has 3 aromatic rings. The Bertz CT molecular complexity index is 1170. The average molecular weight is 459 g/mol. The SMILES string of the molecule is CCC(CC)c1nnc(NC(=O)c2ccc(S(=O)(=O)Nc3cccc(C)c3C)cc2)s1. The van der Waals surface area contributed by atoms with Crippen molar-refractivity contribution in [2.45, 2.75) is 51.3 Å². The first-order valence-electron chi connectivity index (χ1n) is 10.1. The van der Waals surface area contributed by atoms with E-state index in [1.165, 1.54) is 35.6 Å². The number of amides is 1. The van der Waals surface area contributed by atoms with Gasteiger partial charge in [-0.1, -0.05) is 37.3 Å². The highest BCUT2D eigenvalue weighted by Crippen LogP contribution is 2.28. The average Bonchev–Trinajstić information content (AvgIpc) is 3.20. The van der Waals surface area contributed by atoms with E-state index in [4.69, 9.17) is 0 Å². The second kappa shape index (κ2) is 9.57. The minimum Gasteiger partial charge on any atom is -0.296 e. The third-order valence-electron chi connectivity index (χ3n) is 5.27. The summed E-state index contributed by atoms with van der Waals surface area (Å²) in [6.45, 7) is 7.98. The summed E-state index contributed by atoms with van der Waals surface area (Å²) in [7, 11) is -3.77. The van der Waals surface area contributed by atoms with Crippen LogP contribution < -0.4 is 10.0 Å². The van der Waals surface area contributed by atoms with Crippen molar-refractivity contribution >= 4 is 38.1 Å². The Kier molecular flexibility index (Phi) is 7.07. The lowest BCUT2D eigenvalue weighted by molar-refractivity contribution is 0.102. The second-order valence-electron chi connectivity index (χ2n) is 7.29. The quantitative estimate of drug-likeness (QED) is 0.488. The van der Waals surface area contributed by atoms with Gasteiger partial charge in [0.15, 0.2) is 0 Å². The molecule has 1 heterocycles. The summed E-state index contributed by atoms with van der Waals surface area (Å²) in [6, 6.07) is 11.2. The zero-order chi connectivity index (χ0) is 22.6. The van der Waals surface area contributed by atoms with Crippen LogP contribution in [-0.2, 0) is 10.0 Å². The number of hydrogen-bond donors (Lipinski definition) is 2. The maximum absolute atomic E-state index is 12.7. The molecule has 2 N–H and O–H groups in total. The van der Waals surface area contributed by atoms with Crippen LogP contribution in [0.1, 0.15) is 59.1 Å². The van der Waals surface area contributed by atoms with Crippen molar-refractivity contribution < 1.29 is 13.2 Å². The fourth-order valence-electron chi connectivity index (χ4n) is 3.11. The number of hydrogen-bond acceptors (Lipinski definition) is 6. The van der Waals surface area contributed by atoms with Crippen LogP contribution >= 0.6 is 11.3 Å². The van der Waals surface area contributed by atoms with Crippen molar-refractivity contribution in [1.29, 1.82) is 0 Å². The molecule has 0 radical (unpaired) electrons. The molecule has 7 nitrogen and oxygen atoms in total. The van der Waals surface area contributed by atoms with Crippen LogP contribution in [0, 0.1) is 13.8 Å². The third kappa shape index (κ3) is 5.29. The lowest BCUT2D eigenvalue weighted by Gasteiger charge is -2.12. The molecule has 2 aromatic carbocycles. The Labute approximate surface area is 187 Å². The van der Waals surface area contributed by atoms with Crippen LogP contribution in [0.2, 0.25) is 0 Å². The first kappa shape index (κ1) is 22.9. The third-order valence-corrected chi connectivity index (χ3v) is 7.65. The number of benzene rings is 2. The van der Waals surface area contributed by atoms with Gasteiger partial charge >= 0.3 is 0 Å². The number of nitrogens with one attached hydrogen (secondary N) is 2. The van der Waals surface area contributed by atoms with Gasteiger partial charge < -0.3 is 0 Å². The lowest BCUT2D eigenvalue weighted by atomic mass is 10.1. The monoisotopic (exact) mass is 458 g/mol. The minimum absolute atomic E-state index is 0.0805. The summed E-state index contributed by atoms with van der Waals surface area (Å²) in [5.41, 5.74) is 2.74. The summed E-state index contributed by atoms with van der Waals surface area (Å²) < 4.78 is 28.1. The number of anilines is 2. The highest BCUT2D eigenvalue weighted by atomic mass is 32.2. The fraction of sp³-hybridized carbons (Fsp3) is 0.318. The van der Waals surface area contributed by atoms with E-state index in [2.05, 4.69) is 34.1 Å². The zero-order valence-electron chi connectivity index (χ0n) is 18.0. The summed E-state index contributed by atoms with van der Waals surface area (Å²) >= 11 is 1.36. The van der Waals surface area contributed by atoms with Crippen LogP contribution in [-0.4, -0.2) is 24.5 Å². The topological polar surface area (TPSA) is 101 Å². The summed E-state index contributed by atoms with van der Waals surface area (Å²) in [6.07, 6.45) is 1.93. The molecule has 0 aliphatic heterocycles. The van der Waals surface area contributed by atoms with E-state index in [-0.39, 0.29) is 10.8 Å². The molecule has 9 heteroatoms. The maximum atomic E-state index is 12.7. The predicted octanol–water partition coefficient (Wildman–Crippen LogP) is 5.11. The van der Waals surface area contributed by atoms with E-state index < -0.39 is 10.0 Å². The molecule has 0 fully saturated rings. The van der Waals surface area contributed by atoms with Crippen molar-refractivity contribution in [3.8, 4) is 0 Å². The van der Waals surface area contributed by atoms with E-state index in [1.807, 2.05) is 19.9 Å². The number of aromatic nitrogens is 2. The molecule has 1 amide bonds. The van der Waals surface area contributed by atoms with E-state index in [9.17, 15) is 13.2 Å². The summed E-state index contributed by atoms with van der Waals surface area (Å²) in [4.78, 5) is 12.6. The first-order chi connectivity index (χ1) is 14.7. The zero-order valence-corrected chi connectivity index (χ0v) is 19.6. The Balaban J connectivity index is 1.72. The normalized spacial score (nSPS) is 11.5. The molecule has 0 bridgehead atoms. The second-order valence-corrected chi connectivity index (χ2v) is 9.98. The lowest BCUT2D eigenvalue weighted by Crippen LogP contribution is -2.15. The van der Waals surface area contributed by atoms with Gasteiger partial charge in [0.1, 0.15) is 5.01 Å². The number of nitrogens with zero attached hydrogens (tertiary/aromatic N) is 2. The summed E-state index contributed by atoms with van der Waals surface area (Å²) in [5, 5.41) is 12.3. The standard InChI is InChI=1S/C22H26N4O3S2/c1-5-16(6-2)21-24-25-22(30-21)23-20(27)17-10-12-18(13-11-17)31(28,29)26-19-9-7-8-14(3)15(19)4/h7-13,16,26H,5-6H2,1-4H3,(H,23,25,27). The van der Waals surface area contributed by atoms with E-state index >= 15 is 0 Å². The van der Waals surface area contributed by atoms with Crippen LogP contribution in [0.25, 0.3) is 0 Å². The highest BCUT2D eigenvalue weighted by molar-refractivity contribution is 7.92. The molecule has 0 saturated heterocycles. The highest BCUT2D eigenvalue weighted by Gasteiger charge is 2.18. The molecule has 0 aliphatic carbocycles. The van der Waals surface area contributed by atoms with E-state index in [0.29, 0.717) is 22.3 Å². The largest absolute Gasteiger partial charge is 0.296 e. The van der Waals surface area contributed by atoms with Crippen LogP contribution in [0.5, 0.6) is 0 Å². The Morgan fingerprint density at radius 1 is 1.03 bits per heavy atom. The molecule has 0 spiro atoms. The summed E-state index contributed by atoms with van der Waals surface area (Å²) in [5.74, 6) is -0.0316. The van der Waals surface area contributed by atoms with Gasteiger partial charge in [0.25, 0.3) is 15.9 Å². The molecule has 0 unspecified atom stereocenters. The van der Waals surface area contributed by atoms with Crippen LogP contribution in [0.3, 0.4) is 0 Å². The number of sulfonamides is 1. The van der Waals surface area contributed by atoms with Crippen molar-refractivity contribution in [2.24, 2.45) is 0 Å². The molecule has 3 rings (SSSR count). The van der Waals surface area contributed by atoms with Crippen molar-refractivity contribution in [3.63, 3.8) is 0 Å². The Morgan fingerprint density at radius 3 is 2.35 bits per heavy atom. The van der Waals surface area contributed by atoms with Gasteiger partial charge in [0, 0.05) is 11.5 Å². The van der Waals surface area contributed by atoms with Crippen molar-refractivity contribution in [3.05, 3.63) is 64.2 Å². The molecule has 164 valence electrons. The van der Waals surface area contributed by atoms with Crippen molar-refractivity contribution in [2.75, 3.05) is 10.0 Å². The smallest absolute Gasteiger partial charge is 0.261 e. The van der Waals surface area contributed by atoms with Crippen molar-refractivity contribution in [1.82, 2.24) is 10.2 Å². The van der Waals surface area contributed by atoms with Gasteiger partial charge in [-0.05, 0) is 68.1 Å². The molecule has 0 atom stereocenters. The number of aryl methyl sites for hydroxylation is 1. The molecular formula is C22H26N4O3S2. The number of carbonyl (C=O) groups is 1. The molecule has 31 heavy (non-hydrogen) atoms. The fourth-order valence-corrected chi connectivity index (χ4v) is 5.24. The van der Waals surface area contributed by atoms with Gasteiger partial charge in [-0.15, -0.1) is 10.2 Å². The van der Waals surface area contributed by atoms with E-state index in [1.54, 1.807) is 12.1 Å². The van der Waals surface area contributed by atoms with Gasteiger partial charge in [0.05, 0.1) is 10.6 Å². The molecule has 1 aromatic heterocycles. The molecular weight excluding hydrogens is 432 g/mol. The van der Waals surface area contributed by atoms with Gasteiger partial charge in [0.2, 0.25) is 5.13 Å². The molecule has 0 saturated carbocycles. The first-order valence-corrected chi connectivity index (χ1v) is 12.4. The number of rotatable bonds is 8. The van der Waals surface area contributed by atoms with Gasteiger partial charge in [-0.25, -0.2) is 8.42 Å². The number of carbonyl (C=O) groups excluding carboxylic acids is 1. The Hall–Kier alpha value is -2.78. The van der Waals surface area contributed by atoms with Crippen LogP contribution in [0.15, 0.2) is 47.4 Å². The molecule has 0 aliphatic rings. The minimum atomic E-state index is -3.77. The van der Waals surface area contributed by atoms with Crippen LogP contribution in [0.4, 0.5) is 10.8 Å². The predicted molar refractivity (Wildman–Crippen MR) is 124 cm³/mol. The van der Waals surface area contributed by atoms with Gasteiger partial charge in [-0.2, -0.15) is 0 Å². The van der Waals surface area contributed by atoms with E-state index in [0.717, 1.165) is 29.0 Å². The maximum Gasteiger partial charge on any atom is 0.261 e. The van der Waals surface area contributed by atoms with Gasteiger partial charge in [-0.3, -0.25) is 14.8 Å². The Morgan fingerprint density at radius 2 is 1.71 bits per heavy atom.